The van der Waals surface area contributed by atoms with Crippen molar-refractivity contribution < 1.29 is 19.6 Å². The van der Waals surface area contributed by atoms with Gasteiger partial charge >= 0.3 is 13.2 Å². The van der Waals surface area contributed by atoms with Crippen molar-refractivity contribution in [3.63, 3.8) is 0 Å². The van der Waals surface area contributed by atoms with Crippen LogP contribution in [0.2, 0.25) is 0 Å². The first kappa shape index (κ1) is 16.5. The molecule has 0 aromatic heterocycles. The molecule has 1 aromatic rings. The van der Waals surface area contributed by atoms with Crippen LogP contribution in [0.5, 0.6) is 0 Å². The minimum absolute atomic E-state index is 0.104. The average Bonchev–Trinajstić information content (AvgIpc) is 2.34. The van der Waals surface area contributed by atoms with Crippen LogP contribution in [0.15, 0.2) is 24.3 Å². The lowest BCUT2D eigenvalue weighted by Crippen LogP contribution is -2.34. The van der Waals surface area contributed by atoms with Gasteiger partial charge in [-0.15, -0.1) is 0 Å². The van der Waals surface area contributed by atoms with E-state index < -0.39 is 18.8 Å². The zero-order valence-electron chi connectivity index (χ0n) is 12.4. The Morgan fingerprint density at radius 1 is 1.30 bits per heavy atom. The molecule has 0 saturated carbocycles. The molecule has 0 aliphatic rings. The Morgan fingerprint density at radius 3 is 2.30 bits per heavy atom. The van der Waals surface area contributed by atoms with Crippen molar-refractivity contribution in [1.82, 2.24) is 5.32 Å². The van der Waals surface area contributed by atoms with Crippen molar-refractivity contribution in [1.29, 1.82) is 0 Å². The Kier molecular flexibility index (Phi) is 5.59. The zero-order chi connectivity index (χ0) is 15.3. The van der Waals surface area contributed by atoms with Crippen LogP contribution in [0.4, 0.5) is 4.79 Å². The van der Waals surface area contributed by atoms with Gasteiger partial charge in [0, 0.05) is 6.54 Å². The second kappa shape index (κ2) is 6.77. The summed E-state index contributed by atoms with van der Waals surface area (Å²) < 4.78 is 5.16. The Hall–Kier alpha value is -1.53. The molecule has 5 nitrogen and oxygen atoms in total. The summed E-state index contributed by atoms with van der Waals surface area (Å²) in [7, 11) is -1.46. The number of carbonyl (C=O) groups excluding carboxylic acids is 1. The summed E-state index contributed by atoms with van der Waals surface area (Å²) in [5, 5.41) is 20.8. The summed E-state index contributed by atoms with van der Waals surface area (Å²) in [6, 6.07) is 6.94. The van der Waals surface area contributed by atoms with Gasteiger partial charge in [0.05, 0.1) is 0 Å². The second-order valence-corrected chi connectivity index (χ2v) is 5.82. The topological polar surface area (TPSA) is 78.8 Å². The Balaban J connectivity index is 2.50. The summed E-state index contributed by atoms with van der Waals surface area (Å²) in [6.07, 6.45) is -0.438. The molecule has 0 fully saturated rings. The van der Waals surface area contributed by atoms with E-state index in [1.54, 1.807) is 12.1 Å². The molecule has 0 heterocycles. The Bertz CT molecular complexity index is 439. The number of rotatable bonds is 4. The lowest BCUT2D eigenvalue weighted by Gasteiger charge is -2.21. The van der Waals surface area contributed by atoms with Gasteiger partial charge in [-0.3, -0.25) is 0 Å². The maximum atomic E-state index is 11.5. The van der Waals surface area contributed by atoms with Gasteiger partial charge < -0.3 is 20.1 Å². The number of alkyl carbamates (subject to hydrolysis) is 1. The molecule has 0 aliphatic heterocycles. The van der Waals surface area contributed by atoms with Crippen molar-refractivity contribution in [3.05, 3.63) is 29.8 Å². The molecule has 0 aliphatic carbocycles. The van der Waals surface area contributed by atoms with Gasteiger partial charge in [0.1, 0.15) is 5.60 Å². The molecule has 1 amide bonds. The number of hydrogen-bond donors (Lipinski definition) is 3. The molecule has 6 heteroatoms. The number of nitrogens with one attached hydrogen (secondary N) is 1. The van der Waals surface area contributed by atoms with E-state index in [4.69, 9.17) is 14.8 Å². The molecule has 1 unspecified atom stereocenters. The van der Waals surface area contributed by atoms with Crippen LogP contribution in [0.25, 0.3) is 0 Å². The molecule has 20 heavy (non-hydrogen) atoms. The SMILES string of the molecule is CC(CNC(=O)OC(C)(C)C)c1ccc(B(O)O)cc1. The van der Waals surface area contributed by atoms with E-state index in [0.717, 1.165) is 5.56 Å². The molecule has 0 bridgehead atoms. The Labute approximate surface area is 120 Å². The number of amides is 1. The maximum absolute atomic E-state index is 11.5. The van der Waals surface area contributed by atoms with Crippen LogP contribution in [-0.4, -0.2) is 35.4 Å². The number of benzene rings is 1. The molecular weight excluding hydrogens is 257 g/mol. The second-order valence-electron chi connectivity index (χ2n) is 5.82. The fraction of sp³-hybridized carbons (Fsp3) is 0.500. The highest BCUT2D eigenvalue weighted by Crippen LogP contribution is 2.13. The summed E-state index contributed by atoms with van der Waals surface area (Å²) in [5.74, 6) is 0.104. The van der Waals surface area contributed by atoms with E-state index in [1.165, 1.54) is 0 Å². The highest BCUT2D eigenvalue weighted by atomic mass is 16.6. The molecule has 110 valence electrons. The molecular formula is C14H22BNO4. The van der Waals surface area contributed by atoms with Crippen LogP contribution in [-0.2, 0) is 4.74 Å². The third-order valence-corrected chi connectivity index (χ3v) is 2.76. The average molecular weight is 279 g/mol. The van der Waals surface area contributed by atoms with E-state index in [0.29, 0.717) is 12.0 Å². The van der Waals surface area contributed by atoms with Gasteiger partial charge in [0.25, 0.3) is 0 Å². The maximum Gasteiger partial charge on any atom is 0.488 e. The van der Waals surface area contributed by atoms with E-state index in [-0.39, 0.29) is 5.92 Å². The standard InChI is InChI=1S/C14H22BNO4/c1-10(9-16-13(17)20-14(2,3)4)11-5-7-12(8-6-11)15(18)19/h5-8,10,18-19H,9H2,1-4H3,(H,16,17). The fourth-order valence-electron chi connectivity index (χ4n) is 1.67. The lowest BCUT2D eigenvalue weighted by molar-refractivity contribution is 0.0525. The van der Waals surface area contributed by atoms with Crippen molar-refractivity contribution in [2.45, 2.75) is 39.2 Å². The number of carbonyl (C=O) groups is 1. The lowest BCUT2D eigenvalue weighted by atomic mass is 9.79. The largest absolute Gasteiger partial charge is 0.488 e. The van der Waals surface area contributed by atoms with Crippen molar-refractivity contribution >= 4 is 18.7 Å². The smallest absolute Gasteiger partial charge is 0.444 e. The van der Waals surface area contributed by atoms with Crippen molar-refractivity contribution in [2.75, 3.05) is 6.54 Å². The molecule has 3 N–H and O–H groups in total. The van der Waals surface area contributed by atoms with Gasteiger partial charge in [0.2, 0.25) is 0 Å². The molecule has 0 radical (unpaired) electrons. The van der Waals surface area contributed by atoms with Crippen LogP contribution >= 0.6 is 0 Å². The van der Waals surface area contributed by atoms with E-state index in [2.05, 4.69) is 5.32 Å². The first-order valence-electron chi connectivity index (χ1n) is 6.62. The molecule has 1 atom stereocenters. The summed E-state index contributed by atoms with van der Waals surface area (Å²) >= 11 is 0. The summed E-state index contributed by atoms with van der Waals surface area (Å²) in [4.78, 5) is 11.5. The van der Waals surface area contributed by atoms with E-state index >= 15 is 0 Å². The highest BCUT2D eigenvalue weighted by molar-refractivity contribution is 6.58. The predicted molar refractivity (Wildman–Crippen MR) is 78.9 cm³/mol. The number of hydrogen-bond acceptors (Lipinski definition) is 4. The predicted octanol–water partition coefficient (Wildman–Crippen LogP) is 0.995. The van der Waals surface area contributed by atoms with E-state index in [9.17, 15) is 4.79 Å². The first-order chi connectivity index (χ1) is 9.19. The quantitative estimate of drug-likeness (QED) is 0.718. The molecule has 0 spiro atoms. The van der Waals surface area contributed by atoms with Crippen molar-refractivity contribution in [2.24, 2.45) is 0 Å². The normalized spacial score (nSPS) is 12.7. The first-order valence-corrected chi connectivity index (χ1v) is 6.62. The minimum Gasteiger partial charge on any atom is -0.444 e. The van der Waals surface area contributed by atoms with Gasteiger partial charge in [-0.1, -0.05) is 31.2 Å². The third kappa shape index (κ3) is 5.63. The van der Waals surface area contributed by atoms with E-state index in [1.807, 2.05) is 39.8 Å². The zero-order valence-corrected chi connectivity index (χ0v) is 12.4. The molecule has 1 aromatic carbocycles. The minimum atomic E-state index is -1.46. The number of ether oxygens (including phenoxy) is 1. The van der Waals surface area contributed by atoms with Crippen molar-refractivity contribution in [3.8, 4) is 0 Å². The summed E-state index contributed by atoms with van der Waals surface area (Å²) in [6.45, 7) is 7.87. The van der Waals surface area contributed by atoms with Gasteiger partial charge in [-0.2, -0.15) is 0 Å². The Morgan fingerprint density at radius 2 is 1.85 bits per heavy atom. The van der Waals surface area contributed by atoms with Gasteiger partial charge in [-0.25, -0.2) is 4.79 Å². The molecule has 0 saturated heterocycles. The fourth-order valence-corrected chi connectivity index (χ4v) is 1.67. The highest BCUT2D eigenvalue weighted by Gasteiger charge is 2.17. The van der Waals surface area contributed by atoms with Gasteiger partial charge in [0.15, 0.2) is 0 Å². The third-order valence-electron chi connectivity index (χ3n) is 2.76. The molecule has 1 rings (SSSR count). The summed E-state index contributed by atoms with van der Waals surface area (Å²) in [5.41, 5.74) is 0.943. The van der Waals surface area contributed by atoms with Crippen LogP contribution in [0.3, 0.4) is 0 Å². The monoisotopic (exact) mass is 279 g/mol. The van der Waals surface area contributed by atoms with Crippen LogP contribution < -0.4 is 10.8 Å². The van der Waals surface area contributed by atoms with Crippen LogP contribution in [0, 0.1) is 0 Å². The van der Waals surface area contributed by atoms with Gasteiger partial charge in [-0.05, 0) is 37.7 Å². The van der Waals surface area contributed by atoms with Crippen LogP contribution in [0.1, 0.15) is 39.2 Å².